The van der Waals surface area contributed by atoms with E-state index in [1.165, 1.54) is 4.90 Å². The highest BCUT2D eigenvalue weighted by Gasteiger charge is 2.59. The van der Waals surface area contributed by atoms with Crippen LogP contribution in [-0.4, -0.2) is 65.2 Å². The fraction of sp³-hybridized carbons (Fsp3) is 0.483. The van der Waals surface area contributed by atoms with Crippen LogP contribution >= 0.6 is 11.6 Å². The summed E-state index contributed by atoms with van der Waals surface area (Å²) in [7, 11) is 0. The molecule has 0 saturated carbocycles. The van der Waals surface area contributed by atoms with Gasteiger partial charge in [0.2, 0.25) is 0 Å². The van der Waals surface area contributed by atoms with Crippen LogP contribution in [0.15, 0.2) is 42.5 Å². The monoisotopic (exact) mass is 577 g/mol. The Hall–Kier alpha value is -3.50. The number of carbonyl (C=O) groups excluding carboxylic acids is 3. The molecular formula is C29H36ClNO9. The molecule has 0 saturated heterocycles. The molecule has 1 aliphatic heterocycles. The molecule has 40 heavy (non-hydrogen) atoms. The number of nitrogens with zero attached hydrogens (tertiary/aromatic N) is 1. The normalized spacial score (nSPS) is 15.1. The predicted molar refractivity (Wildman–Crippen MR) is 146 cm³/mol. The van der Waals surface area contributed by atoms with E-state index in [1.54, 1.807) is 77.1 Å². The van der Waals surface area contributed by atoms with Crippen molar-refractivity contribution in [2.45, 2.75) is 71.5 Å². The minimum atomic E-state index is -2.40. The summed E-state index contributed by atoms with van der Waals surface area (Å²) in [6.45, 7) is 10.3. The topological polar surface area (TPSA) is 121 Å². The van der Waals surface area contributed by atoms with Crippen LogP contribution in [0, 0.1) is 0 Å². The van der Waals surface area contributed by atoms with E-state index in [-0.39, 0.29) is 31.3 Å². The first kappa shape index (κ1) is 31.0. The fourth-order valence-corrected chi connectivity index (χ4v) is 4.29. The molecule has 1 N–H and O–H groups in total. The average Bonchev–Trinajstić information content (AvgIpc) is 3.26. The quantitative estimate of drug-likeness (QED) is 0.240. The van der Waals surface area contributed by atoms with E-state index in [9.17, 15) is 19.5 Å². The number of esters is 2. The van der Waals surface area contributed by atoms with Crippen LogP contribution in [0.3, 0.4) is 0 Å². The number of halogens is 1. The standard InChI is InChI=1S/C29H36ClNO9/c1-7-36-25(33)29(26(34)37-8-2)38-23-13-12-19(15-24(23)39-29)14-18(3)31(27(35)40-28(4,5)6)17-22(32)20-10-9-11-21(30)16-20/h9-13,15-16,18,22,32H,7-8,14,17H2,1-6H3. The Morgan fingerprint density at radius 2 is 1.62 bits per heavy atom. The first-order valence-corrected chi connectivity index (χ1v) is 13.5. The summed E-state index contributed by atoms with van der Waals surface area (Å²) in [5, 5.41) is 11.4. The maximum absolute atomic E-state index is 13.2. The van der Waals surface area contributed by atoms with Crippen molar-refractivity contribution in [1.82, 2.24) is 4.90 Å². The molecule has 0 spiro atoms. The van der Waals surface area contributed by atoms with Crippen LogP contribution in [0.1, 0.15) is 58.8 Å². The number of fused-ring (bicyclic) bond motifs is 1. The third kappa shape index (κ3) is 7.37. The number of amides is 1. The van der Waals surface area contributed by atoms with Gasteiger partial charge < -0.3 is 33.7 Å². The Labute approximate surface area is 239 Å². The molecule has 1 amide bonds. The van der Waals surface area contributed by atoms with Crippen molar-refractivity contribution in [2.24, 2.45) is 0 Å². The Morgan fingerprint density at radius 1 is 1.00 bits per heavy atom. The van der Waals surface area contributed by atoms with Crippen LogP contribution in [0.5, 0.6) is 11.5 Å². The highest BCUT2D eigenvalue weighted by Crippen LogP contribution is 2.41. The first-order chi connectivity index (χ1) is 18.8. The number of hydrogen-bond donors (Lipinski definition) is 1. The number of hydrogen-bond acceptors (Lipinski definition) is 9. The summed E-state index contributed by atoms with van der Waals surface area (Å²) in [4.78, 5) is 40.0. The molecule has 218 valence electrons. The lowest BCUT2D eigenvalue weighted by molar-refractivity contribution is -0.202. The highest BCUT2D eigenvalue weighted by molar-refractivity contribution is 6.30. The molecule has 11 heteroatoms. The van der Waals surface area contributed by atoms with Crippen LogP contribution in [0.25, 0.3) is 0 Å². The molecule has 1 aliphatic rings. The highest BCUT2D eigenvalue weighted by atomic mass is 35.5. The van der Waals surface area contributed by atoms with Crippen LogP contribution in [0.4, 0.5) is 4.79 Å². The molecule has 2 unspecified atom stereocenters. The fourth-order valence-electron chi connectivity index (χ4n) is 4.09. The van der Waals surface area contributed by atoms with Crippen molar-refractivity contribution in [3.63, 3.8) is 0 Å². The zero-order valence-electron chi connectivity index (χ0n) is 23.6. The van der Waals surface area contributed by atoms with Gasteiger partial charge in [0.1, 0.15) is 5.60 Å². The predicted octanol–water partition coefficient (Wildman–Crippen LogP) is 4.84. The van der Waals surface area contributed by atoms with E-state index in [0.717, 1.165) is 0 Å². The third-order valence-electron chi connectivity index (χ3n) is 5.90. The lowest BCUT2D eigenvalue weighted by Gasteiger charge is -2.33. The minimum absolute atomic E-state index is 0.00730. The Bertz CT molecular complexity index is 1210. The summed E-state index contributed by atoms with van der Waals surface area (Å²) in [6.07, 6.45) is -1.28. The minimum Gasteiger partial charge on any atom is -0.460 e. The van der Waals surface area contributed by atoms with Gasteiger partial charge in [-0.25, -0.2) is 14.4 Å². The number of rotatable bonds is 10. The van der Waals surface area contributed by atoms with Gasteiger partial charge >= 0.3 is 23.8 Å². The molecule has 0 bridgehead atoms. The van der Waals surface area contributed by atoms with Crippen molar-refractivity contribution in [3.8, 4) is 11.5 Å². The summed E-state index contributed by atoms with van der Waals surface area (Å²) in [5.74, 6) is -4.13. The number of aliphatic hydroxyl groups is 1. The van der Waals surface area contributed by atoms with Gasteiger partial charge in [-0.3, -0.25) is 0 Å². The van der Waals surface area contributed by atoms with Crippen molar-refractivity contribution >= 4 is 29.6 Å². The van der Waals surface area contributed by atoms with E-state index in [0.29, 0.717) is 22.6 Å². The number of aliphatic hydroxyl groups excluding tert-OH is 1. The van der Waals surface area contributed by atoms with Gasteiger partial charge in [-0.1, -0.05) is 29.8 Å². The first-order valence-electron chi connectivity index (χ1n) is 13.1. The van der Waals surface area contributed by atoms with Gasteiger partial charge in [0.25, 0.3) is 0 Å². The molecule has 0 fully saturated rings. The summed E-state index contributed by atoms with van der Waals surface area (Å²) >= 11 is 6.09. The SMILES string of the molecule is CCOC(=O)C1(C(=O)OCC)Oc2ccc(CC(C)N(CC(O)c3cccc(Cl)c3)C(=O)OC(C)(C)C)cc2O1. The number of ether oxygens (including phenoxy) is 5. The maximum Gasteiger partial charge on any atom is 0.453 e. The molecule has 1 heterocycles. The van der Waals surface area contributed by atoms with Crippen molar-refractivity contribution in [3.05, 3.63) is 58.6 Å². The molecule has 2 atom stereocenters. The zero-order valence-corrected chi connectivity index (χ0v) is 24.3. The molecule has 0 aliphatic carbocycles. The number of benzene rings is 2. The van der Waals surface area contributed by atoms with E-state index in [1.807, 2.05) is 6.92 Å². The number of carbonyl (C=O) groups is 3. The molecule has 2 aromatic carbocycles. The van der Waals surface area contributed by atoms with Crippen LogP contribution < -0.4 is 9.47 Å². The molecule has 0 radical (unpaired) electrons. The Morgan fingerprint density at radius 3 is 2.20 bits per heavy atom. The Balaban J connectivity index is 1.84. The van der Waals surface area contributed by atoms with Crippen molar-refractivity contribution < 1.29 is 43.2 Å². The smallest absolute Gasteiger partial charge is 0.453 e. The average molecular weight is 578 g/mol. The summed E-state index contributed by atoms with van der Waals surface area (Å²) < 4.78 is 27.0. The van der Waals surface area contributed by atoms with Crippen LogP contribution in [0.2, 0.25) is 5.02 Å². The summed E-state index contributed by atoms with van der Waals surface area (Å²) in [5.41, 5.74) is 0.521. The van der Waals surface area contributed by atoms with E-state index in [4.69, 9.17) is 35.3 Å². The lowest BCUT2D eigenvalue weighted by Crippen LogP contribution is -2.55. The van der Waals surface area contributed by atoms with Crippen LogP contribution in [-0.2, 0) is 30.2 Å². The molecular weight excluding hydrogens is 542 g/mol. The Kier molecular flexibility index (Phi) is 9.92. The molecule has 2 aromatic rings. The largest absolute Gasteiger partial charge is 0.460 e. The van der Waals surface area contributed by atoms with Gasteiger partial charge in [-0.15, -0.1) is 0 Å². The van der Waals surface area contributed by atoms with E-state index < -0.39 is 41.6 Å². The van der Waals surface area contributed by atoms with Crippen molar-refractivity contribution in [2.75, 3.05) is 19.8 Å². The molecule has 10 nitrogen and oxygen atoms in total. The third-order valence-corrected chi connectivity index (χ3v) is 6.13. The summed E-state index contributed by atoms with van der Waals surface area (Å²) in [6, 6.07) is 11.3. The van der Waals surface area contributed by atoms with Gasteiger partial charge in [-0.2, -0.15) is 0 Å². The zero-order chi connectivity index (χ0) is 29.7. The van der Waals surface area contributed by atoms with E-state index >= 15 is 0 Å². The van der Waals surface area contributed by atoms with Crippen molar-refractivity contribution in [1.29, 1.82) is 0 Å². The molecule has 0 aromatic heterocycles. The lowest BCUT2D eigenvalue weighted by atomic mass is 10.0. The second-order valence-electron chi connectivity index (χ2n) is 10.3. The maximum atomic E-state index is 13.2. The second-order valence-corrected chi connectivity index (χ2v) is 10.7. The van der Waals surface area contributed by atoms with Gasteiger partial charge in [-0.05, 0) is 83.4 Å². The van der Waals surface area contributed by atoms with Gasteiger partial charge in [0.15, 0.2) is 11.5 Å². The molecule has 3 rings (SSSR count). The van der Waals surface area contributed by atoms with Gasteiger partial charge in [0.05, 0.1) is 25.9 Å². The van der Waals surface area contributed by atoms with Gasteiger partial charge in [0, 0.05) is 11.1 Å². The second kappa shape index (κ2) is 12.8. The van der Waals surface area contributed by atoms with E-state index in [2.05, 4.69) is 0 Å².